The van der Waals surface area contributed by atoms with Gasteiger partial charge in [0.25, 0.3) is 5.91 Å². The van der Waals surface area contributed by atoms with Gasteiger partial charge in [0.05, 0.1) is 5.69 Å². The number of primary amides is 1. The Morgan fingerprint density at radius 1 is 1.25 bits per heavy atom. The number of nitrogens with two attached hydrogens (primary N) is 1. The molecular formula is C17H18ClN3O2S. The van der Waals surface area contributed by atoms with E-state index in [0.29, 0.717) is 35.8 Å². The molecule has 0 bridgehead atoms. The average molecular weight is 364 g/mol. The van der Waals surface area contributed by atoms with Crippen molar-refractivity contribution in [3.63, 3.8) is 0 Å². The van der Waals surface area contributed by atoms with Crippen LogP contribution in [0.15, 0.2) is 24.3 Å². The highest BCUT2D eigenvalue weighted by Crippen LogP contribution is 2.30. The van der Waals surface area contributed by atoms with Gasteiger partial charge in [-0.05, 0) is 31.9 Å². The summed E-state index contributed by atoms with van der Waals surface area (Å²) in [5.74, 6) is -0.421. The number of likely N-dealkylation sites (tertiary alicyclic amines) is 1. The topological polar surface area (TPSA) is 76.3 Å². The molecule has 7 heteroatoms. The SMILES string of the molecule is Cc1nc(-c2ccc(Cl)cc2)sc1C(=O)N1CCC(C(N)=O)CC1. The van der Waals surface area contributed by atoms with Gasteiger partial charge in [-0.2, -0.15) is 0 Å². The molecule has 2 amide bonds. The van der Waals surface area contributed by atoms with Crippen molar-refractivity contribution < 1.29 is 9.59 Å². The van der Waals surface area contributed by atoms with E-state index in [0.717, 1.165) is 16.3 Å². The lowest BCUT2D eigenvalue weighted by atomic mass is 9.96. The number of thiazole rings is 1. The Labute approximate surface area is 149 Å². The van der Waals surface area contributed by atoms with E-state index in [-0.39, 0.29) is 17.7 Å². The fourth-order valence-electron chi connectivity index (χ4n) is 2.82. The Morgan fingerprint density at radius 3 is 2.46 bits per heavy atom. The first kappa shape index (κ1) is 16.9. The molecule has 1 saturated heterocycles. The number of rotatable bonds is 3. The number of amides is 2. The third kappa shape index (κ3) is 3.44. The zero-order valence-corrected chi connectivity index (χ0v) is 14.9. The molecule has 5 nitrogen and oxygen atoms in total. The normalized spacial score (nSPS) is 15.5. The van der Waals surface area contributed by atoms with Crippen LogP contribution in [-0.4, -0.2) is 34.8 Å². The number of halogens is 1. The number of hydrogen-bond acceptors (Lipinski definition) is 4. The summed E-state index contributed by atoms with van der Waals surface area (Å²) < 4.78 is 0. The summed E-state index contributed by atoms with van der Waals surface area (Å²) in [7, 11) is 0. The number of aromatic nitrogens is 1. The van der Waals surface area contributed by atoms with Gasteiger partial charge in [-0.15, -0.1) is 11.3 Å². The lowest BCUT2D eigenvalue weighted by Crippen LogP contribution is -2.41. The number of aryl methyl sites for hydroxylation is 1. The van der Waals surface area contributed by atoms with Crippen molar-refractivity contribution in [2.45, 2.75) is 19.8 Å². The molecule has 2 aromatic rings. The average Bonchev–Trinajstić information content (AvgIpc) is 2.96. The maximum absolute atomic E-state index is 12.8. The van der Waals surface area contributed by atoms with Gasteiger partial charge >= 0.3 is 0 Å². The summed E-state index contributed by atoms with van der Waals surface area (Å²) in [6.45, 7) is 2.96. The molecular weight excluding hydrogens is 346 g/mol. The summed E-state index contributed by atoms with van der Waals surface area (Å²) in [5.41, 5.74) is 7.01. The monoisotopic (exact) mass is 363 g/mol. The fourth-order valence-corrected chi connectivity index (χ4v) is 3.99. The smallest absolute Gasteiger partial charge is 0.265 e. The largest absolute Gasteiger partial charge is 0.369 e. The van der Waals surface area contributed by atoms with Crippen molar-refractivity contribution in [2.24, 2.45) is 11.7 Å². The van der Waals surface area contributed by atoms with Crippen LogP contribution in [-0.2, 0) is 4.79 Å². The van der Waals surface area contributed by atoms with Gasteiger partial charge < -0.3 is 10.6 Å². The highest BCUT2D eigenvalue weighted by Gasteiger charge is 2.28. The van der Waals surface area contributed by atoms with Gasteiger partial charge in [-0.1, -0.05) is 23.7 Å². The number of nitrogens with zero attached hydrogens (tertiary/aromatic N) is 2. The number of hydrogen-bond donors (Lipinski definition) is 1. The first-order valence-electron chi connectivity index (χ1n) is 7.77. The van der Waals surface area contributed by atoms with E-state index in [2.05, 4.69) is 4.98 Å². The standard InChI is InChI=1S/C17H18ClN3O2S/c1-10-14(17(23)21-8-6-11(7-9-21)15(19)22)24-16(20-10)12-2-4-13(18)5-3-12/h2-5,11H,6-9H2,1H3,(H2,19,22). The van der Waals surface area contributed by atoms with Gasteiger partial charge in [0.2, 0.25) is 5.91 Å². The molecule has 3 rings (SSSR count). The van der Waals surface area contributed by atoms with E-state index in [1.165, 1.54) is 11.3 Å². The van der Waals surface area contributed by atoms with Crippen molar-refractivity contribution >= 4 is 34.8 Å². The van der Waals surface area contributed by atoms with Gasteiger partial charge in [-0.3, -0.25) is 9.59 Å². The molecule has 0 saturated carbocycles. The first-order chi connectivity index (χ1) is 11.5. The van der Waals surface area contributed by atoms with Crippen molar-refractivity contribution in [1.82, 2.24) is 9.88 Å². The maximum atomic E-state index is 12.8. The molecule has 1 aliphatic heterocycles. The van der Waals surface area contributed by atoms with Crippen molar-refractivity contribution in [1.29, 1.82) is 0 Å². The predicted molar refractivity (Wildman–Crippen MR) is 95.1 cm³/mol. The molecule has 2 N–H and O–H groups in total. The second-order valence-corrected chi connectivity index (χ2v) is 7.34. The number of benzene rings is 1. The Hall–Kier alpha value is -1.92. The summed E-state index contributed by atoms with van der Waals surface area (Å²) in [6, 6.07) is 7.41. The Bertz CT molecular complexity index is 765. The molecule has 24 heavy (non-hydrogen) atoms. The second-order valence-electron chi connectivity index (χ2n) is 5.91. The molecule has 0 aliphatic carbocycles. The Morgan fingerprint density at radius 2 is 1.88 bits per heavy atom. The second kappa shape index (κ2) is 6.91. The van der Waals surface area contributed by atoms with Crippen LogP contribution < -0.4 is 5.73 Å². The van der Waals surface area contributed by atoms with Crippen LogP contribution in [0.5, 0.6) is 0 Å². The van der Waals surface area contributed by atoms with E-state index in [9.17, 15) is 9.59 Å². The Balaban J connectivity index is 1.76. The molecule has 0 atom stereocenters. The highest BCUT2D eigenvalue weighted by atomic mass is 35.5. The number of piperidine rings is 1. The fraction of sp³-hybridized carbons (Fsp3) is 0.353. The molecule has 2 heterocycles. The molecule has 126 valence electrons. The van der Waals surface area contributed by atoms with Crippen LogP contribution in [0.4, 0.5) is 0 Å². The molecule has 1 aliphatic rings. The van der Waals surface area contributed by atoms with E-state index >= 15 is 0 Å². The van der Waals surface area contributed by atoms with Crippen molar-refractivity contribution in [2.75, 3.05) is 13.1 Å². The summed E-state index contributed by atoms with van der Waals surface area (Å²) in [6.07, 6.45) is 1.26. The zero-order chi connectivity index (χ0) is 17.3. The molecule has 1 aromatic heterocycles. The minimum Gasteiger partial charge on any atom is -0.369 e. The van der Waals surface area contributed by atoms with Crippen LogP contribution in [0.3, 0.4) is 0 Å². The predicted octanol–water partition coefficient (Wildman–Crippen LogP) is 3.11. The highest BCUT2D eigenvalue weighted by molar-refractivity contribution is 7.17. The number of carbonyl (C=O) groups excluding carboxylic acids is 2. The third-order valence-corrected chi connectivity index (χ3v) is 5.71. The first-order valence-corrected chi connectivity index (χ1v) is 8.97. The molecule has 1 aromatic carbocycles. The van der Waals surface area contributed by atoms with E-state index in [1.807, 2.05) is 31.2 Å². The van der Waals surface area contributed by atoms with Crippen LogP contribution >= 0.6 is 22.9 Å². The van der Waals surface area contributed by atoms with Crippen LogP contribution in [0.1, 0.15) is 28.2 Å². The molecule has 1 fully saturated rings. The van der Waals surface area contributed by atoms with E-state index in [1.54, 1.807) is 4.90 Å². The van der Waals surface area contributed by atoms with Crippen LogP contribution in [0.25, 0.3) is 10.6 Å². The number of carbonyl (C=O) groups is 2. The van der Waals surface area contributed by atoms with Crippen molar-refractivity contribution in [3.8, 4) is 10.6 Å². The summed E-state index contributed by atoms with van der Waals surface area (Å²) >= 11 is 7.30. The Kier molecular flexibility index (Phi) is 4.87. The lowest BCUT2D eigenvalue weighted by molar-refractivity contribution is -0.123. The van der Waals surface area contributed by atoms with Gasteiger partial charge in [0.15, 0.2) is 0 Å². The van der Waals surface area contributed by atoms with Gasteiger partial charge in [0.1, 0.15) is 9.88 Å². The molecule has 0 unspecified atom stereocenters. The quantitative estimate of drug-likeness (QED) is 0.910. The third-order valence-electron chi connectivity index (χ3n) is 4.27. The maximum Gasteiger partial charge on any atom is 0.265 e. The van der Waals surface area contributed by atoms with E-state index in [4.69, 9.17) is 17.3 Å². The minimum absolute atomic E-state index is 0.0202. The van der Waals surface area contributed by atoms with Crippen molar-refractivity contribution in [3.05, 3.63) is 39.9 Å². The molecule has 0 spiro atoms. The van der Waals surface area contributed by atoms with E-state index < -0.39 is 0 Å². The lowest BCUT2D eigenvalue weighted by Gasteiger charge is -2.30. The molecule has 0 radical (unpaired) electrons. The van der Waals surface area contributed by atoms with Crippen LogP contribution in [0.2, 0.25) is 5.02 Å². The van der Waals surface area contributed by atoms with Crippen LogP contribution in [0, 0.1) is 12.8 Å². The summed E-state index contributed by atoms with van der Waals surface area (Å²) in [5, 5.41) is 1.47. The van der Waals surface area contributed by atoms with Gasteiger partial charge in [-0.25, -0.2) is 4.98 Å². The zero-order valence-electron chi connectivity index (χ0n) is 13.3. The minimum atomic E-state index is -0.277. The van der Waals surface area contributed by atoms with Gasteiger partial charge in [0, 0.05) is 29.6 Å². The summed E-state index contributed by atoms with van der Waals surface area (Å²) in [4.78, 5) is 31.0.